The summed E-state index contributed by atoms with van der Waals surface area (Å²) in [4.78, 5) is 0. The van der Waals surface area contributed by atoms with Crippen LogP contribution in [0.15, 0.2) is 54.1 Å². The number of unbranched alkanes of at least 4 members (excludes halogenated alkanes) is 6. The van der Waals surface area contributed by atoms with Crippen molar-refractivity contribution in [3.63, 3.8) is 0 Å². The number of halogens is 1. The van der Waals surface area contributed by atoms with E-state index in [9.17, 15) is 0 Å². The smallest absolute Gasteiger partial charge is 0.119 e. The first-order valence-electron chi connectivity index (χ1n) is 19.3. The van der Waals surface area contributed by atoms with Gasteiger partial charge in [0.1, 0.15) is 11.5 Å². The van der Waals surface area contributed by atoms with Crippen molar-refractivity contribution >= 4 is 5.57 Å². The van der Waals surface area contributed by atoms with Gasteiger partial charge < -0.3 is 43.7 Å². The number of likely N-dealkylation sites (tertiary alicyclic amines) is 1. The van der Waals surface area contributed by atoms with Gasteiger partial charge >= 0.3 is 0 Å². The summed E-state index contributed by atoms with van der Waals surface area (Å²) in [5.41, 5.74) is 11.6. The van der Waals surface area contributed by atoms with Crippen LogP contribution in [-0.2, 0) is 0 Å². The van der Waals surface area contributed by atoms with E-state index in [1.54, 1.807) is 5.57 Å². The molecule has 4 aliphatic carbocycles. The second kappa shape index (κ2) is 18.4. The summed E-state index contributed by atoms with van der Waals surface area (Å²) < 4.78 is 13.7. The van der Waals surface area contributed by atoms with Crippen LogP contribution in [0.25, 0.3) is 5.57 Å². The second-order valence-corrected chi connectivity index (χ2v) is 15.7. The molecule has 0 amide bonds. The molecule has 0 spiro atoms. The number of quaternary nitrogens is 1. The maximum Gasteiger partial charge on any atom is 0.119 e. The Labute approximate surface area is 303 Å². The SMILES string of the molecule is C[N+]1(CCCCCCOc2ccc(C(c3ccc(OCCCCCCN)cc3)=C3[C@H]4C[C@@H]5C[C@@H](C[C@H]3C5)C4)cc2)CCCCCC1.[I-]. The van der Waals surface area contributed by atoms with Crippen molar-refractivity contribution < 1.29 is 37.9 Å². The number of rotatable bonds is 17. The number of nitrogens with two attached hydrogens (primary N) is 1. The number of hydrogen-bond acceptors (Lipinski definition) is 3. The zero-order valence-electron chi connectivity index (χ0n) is 29.4. The van der Waals surface area contributed by atoms with Gasteiger partial charge in [-0.2, -0.15) is 0 Å². The highest BCUT2D eigenvalue weighted by molar-refractivity contribution is 5.83. The first-order chi connectivity index (χ1) is 22.6. The van der Waals surface area contributed by atoms with Crippen molar-refractivity contribution in [2.75, 3.05) is 46.4 Å². The van der Waals surface area contributed by atoms with Crippen LogP contribution in [0.3, 0.4) is 0 Å². The van der Waals surface area contributed by atoms with E-state index in [-0.39, 0.29) is 24.0 Å². The molecule has 0 atom stereocenters. The monoisotopic (exact) mass is 754 g/mol. The van der Waals surface area contributed by atoms with Crippen LogP contribution in [0.1, 0.15) is 120 Å². The van der Waals surface area contributed by atoms with Crippen LogP contribution >= 0.6 is 0 Å². The summed E-state index contributed by atoms with van der Waals surface area (Å²) in [6, 6.07) is 18.1. The van der Waals surface area contributed by atoms with E-state index >= 15 is 0 Å². The molecule has 7 rings (SSSR count). The summed E-state index contributed by atoms with van der Waals surface area (Å²) in [5.74, 6) is 5.44. The average Bonchev–Trinajstić information content (AvgIpc) is 3.29. The predicted octanol–water partition coefficient (Wildman–Crippen LogP) is 6.81. The maximum absolute atomic E-state index is 6.26. The fourth-order valence-corrected chi connectivity index (χ4v) is 9.64. The molecule has 5 heteroatoms. The quantitative estimate of drug-likeness (QED) is 0.110. The lowest BCUT2D eigenvalue weighted by Gasteiger charge is -2.52. The number of hydrogen-bond donors (Lipinski definition) is 1. The lowest BCUT2D eigenvalue weighted by molar-refractivity contribution is -0.909. The highest BCUT2D eigenvalue weighted by atomic mass is 127. The van der Waals surface area contributed by atoms with Gasteiger partial charge in [-0.15, -0.1) is 0 Å². The topological polar surface area (TPSA) is 44.5 Å². The van der Waals surface area contributed by atoms with E-state index in [0.717, 1.165) is 74.2 Å². The van der Waals surface area contributed by atoms with Gasteiger partial charge in [-0.05, 0) is 167 Å². The Morgan fingerprint density at radius 3 is 1.57 bits per heavy atom. The molecule has 0 aromatic heterocycles. The molecule has 4 bridgehead atoms. The molecule has 260 valence electrons. The second-order valence-electron chi connectivity index (χ2n) is 15.7. The highest BCUT2D eigenvalue weighted by Gasteiger charge is 2.46. The average molecular weight is 755 g/mol. The van der Waals surface area contributed by atoms with Gasteiger partial charge in [0.15, 0.2) is 0 Å². The fraction of sp³-hybridized carbons (Fsp3) is 0.667. The van der Waals surface area contributed by atoms with E-state index < -0.39 is 0 Å². The maximum atomic E-state index is 6.26. The zero-order valence-corrected chi connectivity index (χ0v) is 31.6. The summed E-state index contributed by atoms with van der Waals surface area (Å²) >= 11 is 0. The number of nitrogens with zero attached hydrogens (tertiary/aromatic N) is 1. The van der Waals surface area contributed by atoms with Crippen LogP contribution in [-0.4, -0.2) is 50.9 Å². The standard InChI is InChI=1S/C42H63N2O2.HI/c1-44(23-9-3-4-10-24-44)25-11-5-7-13-27-46-40-20-16-36(17-21-40)41(42-37-29-33-28-34(31-37)32-38(42)30-33)35-14-18-39(19-15-35)45-26-12-6-2-8-22-43;/h14-21,33-34,37-38H,2-13,22-32,43H2,1H3;1H/q+1;/p-1/t33-,34+,37-,38+;. The Hall–Kier alpha value is -1.57. The molecule has 1 heterocycles. The molecule has 4 saturated carbocycles. The minimum atomic E-state index is 0. The predicted molar refractivity (Wildman–Crippen MR) is 192 cm³/mol. The molecule has 1 aliphatic heterocycles. The van der Waals surface area contributed by atoms with Gasteiger partial charge in [-0.1, -0.05) is 42.7 Å². The Kier molecular flexibility index (Phi) is 14.4. The highest BCUT2D eigenvalue weighted by Crippen LogP contribution is 2.58. The molecule has 5 aliphatic rings. The molecule has 47 heavy (non-hydrogen) atoms. The lowest BCUT2D eigenvalue weighted by atomic mass is 9.53. The van der Waals surface area contributed by atoms with Crippen molar-refractivity contribution in [3.05, 3.63) is 65.2 Å². The van der Waals surface area contributed by atoms with Crippen LogP contribution in [0, 0.1) is 23.7 Å². The van der Waals surface area contributed by atoms with Gasteiger partial charge in [0.05, 0.1) is 39.9 Å². The van der Waals surface area contributed by atoms with E-state index in [4.69, 9.17) is 15.2 Å². The molecular formula is C42H63IN2O2. The summed E-state index contributed by atoms with van der Waals surface area (Å²) in [6.45, 7) is 6.52. The normalized spacial score (nSPS) is 24.4. The molecule has 2 aromatic carbocycles. The van der Waals surface area contributed by atoms with Crippen molar-refractivity contribution in [3.8, 4) is 11.5 Å². The number of benzene rings is 2. The Morgan fingerprint density at radius 1 is 0.617 bits per heavy atom. The van der Waals surface area contributed by atoms with E-state index in [0.29, 0.717) is 0 Å². The molecule has 4 nitrogen and oxygen atoms in total. The summed E-state index contributed by atoms with van der Waals surface area (Å²) in [5, 5.41) is 0. The van der Waals surface area contributed by atoms with E-state index in [2.05, 4.69) is 55.6 Å². The first kappa shape index (κ1) is 36.7. The van der Waals surface area contributed by atoms with Crippen molar-refractivity contribution in [1.29, 1.82) is 0 Å². The van der Waals surface area contributed by atoms with Crippen molar-refractivity contribution in [2.45, 2.75) is 109 Å². The van der Waals surface area contributed by atoms with Gasteiger partial charge in [-0.3, -0.25) is 0 Å². The lowest BCUT2D eigenvalue weighted by Crippen LogP contribution is -3.00. The number of allylic oxidation sites excluding steroid dienone is 1. The summed E-state index contributed by atoms with van der Waals surface area (Å²) in [7, 11) is 2.49. The first-order valence-corrected chi connectivity index (χ1v) is 19.3. The van der Waals surface area contributed by atoms with E-state index in [1.807, 2.05) is 0 Å². The van der Waals surface area contributed by atoms with Gasteiger partial charge in [0, 0.05) is 0 Å². The zero-order chi connectivity index (χ0) is 31.6. The molecular weight excluding hydrogens is 691 g/mol. The molecule has 2 N–H and O–H groups in total. The molecule has 2 aromatic rings. The van der Waals surface area contributed by atoms with Crippen LogP contribution in [0.5, 0.6) is 11.5 Å². The van der Waals surface area contributed by atoms with Crippen LogP contribution < -0.4 is 39.2 Å². The minimum absolute atomic E-state index is 0. The number of ether oxygens (including phenoxy) is 2. The third-order valence-corrected chi connectivity index (χ3v) is 12.0. The fourth-order valence-electron chi connectivity index (χ4n) is 9.64. The minimum Gasteiger partial charge on any atom is -1.00 e. The molecule has 0 radical (unpaired) electrons. The van der Waals surface area contributed by atoms with E-state index in [1.165, 1.54) is 131 Å². The van der Waals surface area contributed by atoms with Gasteiger partial charge in [-0.25, -0.2) is 0 Å². The third-order valence-electron chi connectivity index (χ3n) is 12.0. The Balaban J connectivity index is 0.00000433. The third kappa shape index (κ3) is 10.2. The van der Waals surface area contributed by atoms with Crippen LogP contribution in [0.2, 0.25) is 0 Å². The van der Waals surface area contributed by atoms with Gasteiger partial charge in [0.25, 0.3) is 0 Å². The molecule has 0 unspecified atom stereocenters. The summed E-state index contributed by atoms with van der Waals surface area (Å²) in [6.07, 6.45) is 22.5. The molecule has 1 saturated heterocycles. The Bertz CT molecular complexity index is 1200. The Morgan fingerprint density at radius 2 is 1.09 bits per heavy atom. The van der Waals surface area contributed by atoms with Crippen LogP contribution in [0.4, 0.5) is 0 Å². The van der Waals surface area contributed by atoms with Crippen molar-refractivity contribution in [1.82, 2.24) is 0 Å². The van der Waals surface area contributed by atoms with Gasteiger partial charge in [0.2, 0.25) is 0 Å². The van der Waals surface area contributed by atoms with Crippen molar-refractivity contribution in [2.24, 2.45) is 29.4 Å². The molecule has 5 fully saturated rings. The largest absolute Gasteiger partial charge is 1.00 e.